The molecule has 1 heterocycles. The van der Waals surface area contributed by atoms with Crippen molar-refractivity contribution >= 4 is 0 Å². The molecule has 2 atom stereocenters. The maximum Gasteiger partial charge on any atom is 0.119 e. The number of likely N-dealkylation sites (N-methyl/N-ethyl adjacent to an activating group) is 1. The zero-order valence-electron chi connectivity index (χ0n) is 13.2. The Morgan fingerprint density at radius 3 is 2.71 bits per heavy atom. The summed E-state index contributed by atoms with van der Waals surface area (Å²) in [7, 11) is 3.75. The molecule has 0 aliphatic heterocycles. The quantitative estimate of drug-likeness (QED) is 0.942. The van der Waals surface area contributed by atoms with Crippen molar-refractivity contribution in [2.75, 3.05) is 14.2 Å². The van der Waals surface area contributed by atoms with Crippen LogP contribution in [0.2, 0.25) is 0 Å². The summed E-state index contributed by atoms with van der Waals surface area (Å²) in [5, 5.41) is 8.17. The molecule has 0 fully saturated rings. The first-order valence-electron chi connectivity index (χ1n) is 7.51. The van der Waals surface area contributed by atoms with Crippen LogP contribution in [0.3, 0.4) is 0 Å². The number of ether oxygens (including phenoxy) is 1. The van der Waals surface area contributed by atoms with Crippen LogP contribution in [0.4, 0.5) is 0 Å². The van der Waals surface area contributed by atoms with E-state index >= 15 is 0 Å². The zero-order chi connectivity index (χ0) is 15.0. The first kappa shape index (κ1) is 14.1. The Bertz CT molecular complexity index is 647. The third-order valence-electron chi connectivity index (χ3n) is 4.45. The smallest absolute Gasteiger partial charge is 0.119 e. The second kappa shape index (κ2) is 5.53. The normalized spacial score (nSPS) is 21.1. The van der Waals surface area contributed by atoms with E-state index in [-0.39, 0.29) is 6.04 Å². The summed E-state index contributed by atoms with van der Waals surface area (Å²) in [6.45, 7) is 4.19. The van der Waals surface area contributed by atoms with Crippen LogP contribution in [-0.2, 0) is 6.42 Å². The van der Waals surface area contributed by atoms with Crippen LogP contribution < -0.4 is 10.1 Å². The van der Waals surface area contributed by atoms with Crippen LogP contribution in [0.1, 0.15) is 41.0 Å². The predicted octanol–water partition coefficient (Wildman–Crippen LogP) is 2.96. The van der Waals surface area contributed by atoms with Crippen molar-refractivity contribution in [1.29, 1.82) is 0 Å². The van der Waals surface area contributed by atoms with Gasteiger partial charge in [-0.3, -0.25) is 4.68 Å². The lowest BCUT2D eigenvalue weighted by atomic mass is 9.84. The minimum atomic E-state index is 0.289. The summed E-state index contributed by atoms with van der Waals surface area (Å²) in [4.78, 5) is 0. The molecular weight excluding hydrogens is 262 g/mol. The first-order valence-corrected chi connectivity index (χ1v) is 7.51. The highest BCUT2D eigenvalue weighted by atomic mass is 16.5. The molecular formula is C17H23N3O. The largest absolute Gasteiger partial charge is 0.497 e. The number of nitrogens with one attached hydrogen (secondary N) is 1. The van der Waals surface area contributed by atoms with E-state index in [1.165, 1.54) is 16.8 Å². The minimum absolute atomic E-state index is 0.289. The minimum Gasteiger partial charge on any atom is -0.497 e. The number of fused-ring (bicyclic) bond motifs is 1. The van der Waals surface area contributed by atoms with Gasteiger partial charge in [-0.1, -0.05) is 6.07 Å². The lowest BCUT2D eigenvalue weighted by Gasteiger charge is -2.34. The molecule has 21 heavy (non-hydrogen) atoms. The van der Waals surface area contributed by atoms with Gasteiger partial charge >= 0.3 is 0 Å². The maximum absolute atomic E-state index is 5.35. The highest BCUT2D eigenvalue weighted by molar-refractivity contribution is 5.40. The number of aromatic nitrogens is 2. The van der Waals surface area contributed by atoms with Gasteiger partial charge in [0.1, 0.15) is 5.75 Å². The van der Waals surface area contributed by atoms with Crippen molar-refractivity contribution in [3.8, 4) is 5.75 Å². The summed E-state index contributed by atoms with van der Waals surface area (Å²) in [5.74, 6) is 0.938. The van der Waals surface area contributed by atoms with Crippen molar-refractivity contribution in [3.63, 3.8) is 0 Å². The van der Waals surface area contributed by atoms with Crippen LogP contribution in [-0.4, -0.2) is 23.9 Å². The lowest BCUT2D eigenvalue weighted by molar-refractivity contribution is 0.303. The van der Waals surface area contributed by atoms with Gasteiger partial charge in [-0.25, -0.2) is 0 Å². The molecule has 4 nitrogen and oxygen atoms in total. The summed E-state index contributed by atoms with van der Waals surface area (Å²) < 4.78 is 7.53. The summed E-state index contributed by atoms with van der Waals surface area (Å²) in [6.07, 6.45) is 2.15. The van der Waals surface area contributed by atoms with Crippen molar-refractivity contribution in [3.05, 3.63) is 46.8 Å². The van der Waals surface area contributed by atoms with E-state index < -0.39 is 0 Å². The molecule has 2 aromatic rings. The molecule has 1 aromatic carbocycles. The Kier molecular flexibility index (Phi) is 3.72. The third kappa shape index (κ3) is 2.44. The molecule has 0 amide bonds. The molecule has 0 radical (unpaired) electrons. The maximum atomic E-state index is 5.35. The van der Waals surface area contributed by atoms with Gasteiger partial charge in [0, 0.05) is 5.69 Å². The van der Waals surface area contributed by atoms with Crippen LogP contribution in [0.15, 0.2) is 24.3 Å². The number of aryl methyl sites for hydroxylation is 3. The fraction of sp³-hybridized carbons (Fsp3) is 0.471. The Morgan fingerprint density at radius 2 is 2.10 bits per heavy atom. The fourth-order valence-electron chi connectivity index (χ4n) is 3.50. The van der Waals surface area contributed by atoms with Crippen molar-refractivity contribution in [1.82, 2.24) is 15.1 Å². The number of nitrogens with zero attached hydrogens (tertiary/aromatic N) is 2. The van der Waals surface area contributed by atoms with Crippen molar-refractivity contribution in [2.45, 2.75) is 38.8 Å². The van der Waals surface area contributed by atoms with Crippen LogP contribution >= 0.6 is 0 Å². The monoisotopic (exact) mass is 285 g/mol. The third-order valence-corrected chi connectivity index (χ3v) is 4.45. The van der Waals surface area contributed by atoms with Gasteiger partial charge < -0.3 is 10.1 Å². The average molecular weight is 285 g/mol. The molecule has 0 saturated heterocycles. The predicted molar refractivity (Wildman–Crippen MR) is 83.9 cm³/mol. The summed E-state index contributed by atoms with van der Waals surface area (Å²) >= 11 is 0. The van der Waals surface area contributed by atoms with Gasteiger partial charge in [0.2, 0.25) is 0 Å². The van der Waals surface area contributed by atoms with E-state index in [0.29, 0.717) is 6.04 Å². The first-order chi connectivity index (χ1) is 10.1. The Labute approximate surface area is 126 Å². The Balaban J connectivity index is 2.00. The van der Waals surface area contributed by atoms with Gasteiger partial charge in [0.05, 0.1) is 24.9 Å². The highest BCUT2D eigenvalue weighted by Crippen LogP contribution is 2.39. The van der Waals surface area contributed by atoms with Gasteiger partial charge in [0.25, 0.3) is 0 Å². The van der Waals surface area contributed by atoms with E-state index in [4.69, 9.17) is 9.84 Å². The van der Waals surface area contributed by atoms with E-state index in [1.54, 1.807) is 7.11 Å². The molecule has 1 aromatic heterocycles. The molecule has 1 aliphatic rings. The van der Waals surface area contributed by atoms with Crippen LogP contribution in [0.25, 0.3) is 0 Å². The standard InChI is InChI=1S/C17H23N3O/c1-11-9-12(2)20(19-11)16-8-5-13-10-14(21-4)6-7-15(13)17(16)18-3/h6-7,9-10,16-18H,5,8H2,1-4H3. The SMILES string of the molecule is CNC1c2ccc(OC)cc2CCC1n1nc(C)cc1C. The van der Waals surface area contributed by atoms with Crippen molar-refractivity contribution < 1.29 is 4.74 Å². The van der Waals surface area contributed by atoms with Gasteiger partial charge in [0.15, 0.2) is 0 Å². The number of hydrogen-bond acceptors (Lipinski definition) is 3. The Morgan fingerprint density at radius 1 is 1.29 bits per heavy atom. The molecule has 2 unspecified atom stereocenters. The fourth-order valence-corrected chi connectivity index (χ4v) is 3.50. The zero-order valence-corrected chi connectivity index (χ0v) is 13.2. The number of hydrogen-bond donors (Lipinski definition) is 1. The molecule has 1 N–H and O–H groups in total. The van der Waals surface area contributed by atoms with Crippen LogP contribution in [0, 0.1) is 13.8 Å². The molecule has 3 rings (SSSR count). The lowest BCUT2D eigenvalue weighted by Crippen LogP contribution is -2.33. The van der Waals surface area contributed by atoms with Gasteiger partial charge in [-0.2, -0.15) is 5.10 Å². The van der Waals surface area contributed by atoms with Crippen LogP contribution in [0.5, 0.6) is 5.75 Å². The molecule has 0 bridgehead atoms. The average Bonchev–Trinajstić information content (AvgIpc) is 2.83. The molecule has 4 heteroatoms. The summed E-state index contributed by atoms with van der Waals surface area (Å²) in [5.41, 5.74) is 5.06. The van der Waals surface area contributed by atoms with Gasteiger partial charge in [-0.15, -0.1) is 0 Å². The number of rotatable bonds is 3. The van der Waals surface area contributed by atoms with Gasteiger partial charge in [-0.05, 0) is 63.1 Å². The topological polar surface area (TPSA) is 39.1 Å². The van der Waals surface area contributed by atoms with E-state index in [0.717, 1.165) is 24.3 Å². The van der Waals surface area contributed by atoms with Crippen molar-refractivity contribution in [2.24, 2.45) is 0 Å². The molecule has 0 saturated carbocycles. The molecule has 1 aliphatic carbocycles. The highest BCUT2D eigenvalue weighted by Gasteiger charge is 2.31. The Hall–Kier alpha value is -1.81. The second-order valence-corrected chi connectivity index (χ2v) is 5.81. The molecule has 112 valence electrons. The van der Waals surface area contributed by atoms with E-state index in [1.807, 2.05) is 13.1 Å². The second-order valence-electron chi connectivity index (χ2n) is 5.81. The number of benzene rings is 1. The summed E-state index contributed by atoms with van der Waals surface area (Å²) in [6, 6.07) is 9.20. The van der Waals surface area contributed by atoms with E-state index in [9.17, 15) is 0 Å². The molecule has 0 spiro atoms. The number of methoxy groups -OCH3 is 1. The van der Waals surface area contributed by atoms with E-state index in [2.05, 4.69) is 42.0 Å².